The lowest BCUT2D eigenvalue weighted by molar-refractivity contribution is -0.159. The van der Waals surface area contributed by atoms with Gasteiger partial charge in [0.15, 0.2) is 0 Å². The zero-order valence-electron chi connectivity index (χ0n) is 26.7. The van der Waals surface area contributed by atoms with E-state index in [0.29, 0.717) is 25.6 Å². The molecule has 3 aliphatic rings. The molecular formula is C31H54N4O7. The third-order valence-corrected chi connectivity index (χ3v) is 8.58. The molecule has 0 saturated carbocycles. The lowest BCUT2D eigenvalue weighted by Gasteiger charge is -2.49. The summed E-state index contributed by atoms with van der Waals surface area (Å²) in [6.07, 6.45) is 4.30. The predicted molar refractivity (Wildman–Crippen MR) is 159 cm³/mol. The summed E-state index contributed by atoms with van der Waals surface area (Å²) in [7, 11) is 0. The van der Waals surface area contributed by atoms with Crippen LogP contribution in [-0.2, 0) is 28.6 Å². The van der Waals surface area contributed by atoms with Crippen LogP contribution in [0.25, 0.3) is 0 Å². The van der Waals surface area contributed by atoms with Crippen LogP contribution < -0.4 is 5.32 Å². The molecule has 3 rings (SSSR count). The molecule has 1 atom stereocenters. The maximum Gasteiger partial charge on any atom is 0.410 e. The van der Waals surface area contributed by atoms with E-state index in [2.05, 4.69) is 10.2 Å². The first-order valence-corrected chi connectivity index (χ1v) is 15.9. The van der Waals surface area contributed by atoms with Gasteiger partial charge in [0.2, 0.25) is 5.91 Å². The summed E-state index contributed by atoms with van der Waals surface area (Å²) in [6.45, 7) is 16.9. The molecule has 1 N–H and O–H groups in total. The molecule has 0 spiro atoms. The zero-order valence-corrected chi connectivity index (χ0v) is 26.7. The number of amides is 2. The Hall–Kier alpha value is -2.40. The summed E-state index contributed by atoms with van der Waals surface area (Å²) >= 11 is 0. The minimum absolute atomic E-state index is 0.0107. The maximum atomic E-state index is 14.0. The van der Waals surface area contributed by atoms with E-state index in [1.54, 1.807) is 11.8 Å². The summed E-state index contributed by atoms with van der Waals surface area (Å²) in [6, 6.07) is 0. The van der Waals surface area contributed by atoms with Crippen LogP contribution in [0.4, 0.5) is 4.79 Å². The predicted octanol–water partition coefficient (Wildman–Crippen LogP) is 3.20. The highest BCUT2D eigenvalue weighted by Crippen LogP contribution is 2.35. The van der Waals surface area contributed by atoms with Crippen molar-refractivity contribution in [2.75, 3.05) is 59.0 Å². The largest absolute Gasteiger partial charge is 0.466 e. The first kappa shape index (κ1) is 34.1. The number of hydrogen-bond acceptors (Lipinski definition) is 9. The molecule has 2 amide bonds. The van der Waals surface area contributed by atoms with Gasteiger partial charge in [-0.05, 0) is 105 Å². The second-order valence-electron chi connectivity index (χ2n) is 13.3. The SMILES string of the molecule is CCOC(=O)CCN1CCN[C@@](CC(=O)OC(C)C)(C2CCN(CCC3CCN(C(=O)OC(C)(C)C)CC3)CC2)C1=O. The fourth-order valence-electron chi connectivity index (χ4n) is 6.42. The Morgan fingerprint density at radius 2 is 1.64 bits per heavy atom. The normalized spacial score (nSPS) is 23.3. The quantitative estimate of drug-likeness (QED) is 0.284. The van der Waals surface area contributed by atoms with Crippen molar-refractivity contribution in [2.24, 2.45) is 11.8 Å². The van der Waals surface area contributed by atoms with Gasteiger partial charge in [0.1, 0.15) is 11.1 Å². The molecule has 240 valence electrons. The number of piperazine rings is 1. The number of likely N-dealkylation sites (tertiary alicyclic amines) is 2. The monoisotopic (exact) mass is 594 g/mol. The van der Waals surface area contributed by atoms with E-state index in [4.69, 9.17) is 14.2 Å². The first-order valence-electron chi connectivity index (χ1n) is 15.9. The molecule has 11 nitrogen and oxygen atoms in total. The van der Waals surface area contributed by atoms with Gasteiger partial charge >= 0.3 is 18.0 Å². The molecule has 3 saturated heterocycles. The van der Waals surface area contributed by atoms with Gasteiger partial charge in [-0.1, -0.05) is 0 Å². The average molecular weight is 595 g/mol. The van der Waals surface area contributed by atoms with Crippen LogP contribution in [0.15, 0.2) is 0 Å². The van der Waals surface area contributed by atoms with E-state index in [9.17, 15) is 19.2 Å². The molecule has 3 aliphatic heterocycles. The van der Waals surface area contributed by atoms with E-state index < -0.39 is 11.1 Å². The number of carbonyl (C=O) groups excluding carboxylic acids is 4. The zero-order chi connectivity index (χ0) is 30.9. The van der Waals surface area contributed by atoms with Crippen LogP contribution in [0.5, 0.6) is 0 Å². The van der Waals surface area contributed by atoms with Crippen molar-refractivity contribution in [3.63, 3.8) is 0 Å². The minimum Gasteiger partial charge on any atom is -0.466 e. The van der Waals surface area contributed by atoms with Crippen molar-refractivity contribution in [1.82, 2.24) is 20.0 Å². The van der Waals surface area contributed by atoms with Crippen molar-refractivity contribution in [3.05, 3.63) is 0 Å². The summed E-state index contributed by atoms with van der Waals surface area (Å²) < 4.78 is 16.1. The third kappa shape index (κ3) is 9.82. The van der Waals surface area contributed by atoms with Crippen LogP contribution in [-0.4, -0.2) is 115 Å². The fourth-order valence-corrected chi connectivity index (χ4v) is 6.42. The number of carbonyl (C=O) groups is 4. The second-order valence-corrected chi connectivity index (χ2v) is 13.3. The molecule has 0 bridgehead atoms. The van der Waals surface area contributed by atoms with E-state index in [1.807, 2.05) is 39.5 Å². The second kappa shape index (κ2) is 15.4. The molecule has 3 fully saturated rings. The van der Waals surface area contributed by atoms with Gasteiger partial charge in [-0.25, -0.2) is 4.79 Å². The highest BCUT2D eigenvalue weighted by molar-refractivity contribution is 5.92. The first-order chi connectivity index (χ1) is 19.8. The third-order valence-electron chi connectivity index (χ3n) is 8.58. The number of hydrogen-bond donors (Lipinski definition) is 1. The number of nitrogens with one attached hydrogen (secondary N) is 1. The molecule has 0 aromatic heterocycles. The molecule has 0 radical (unpaired) electrons. The molecular weight excluding hydrogens is 540 g/mol. The van der Waals surface area contributed by atoms with E-state index in [1.165, 1.54) is 0 Å². The van der Waals surface area contributed by atoms with Crippen LogP contribution in [0, 0.1) is 11.8 Å². The fraction of sp³-hybridized carbons (Fsp3) is 0.871. The Labute approximate surface area is 251 Å². The summed E-state index contributed by atoms with van der Waals surface area (Å²) in [5, 5.41) is 3.46. The molecule has 0 unspecified atom stereocenters. The Bertz CT molecular complexity index is 921. The van der Waals surface area contributed by atoms with Crippen molar-refractivity contribution in [2.45, 2.75) is 104 Å². The van der Waals surface area contributed by atoms with Gasteiger partial charge in [-0.15, -0.1) is 0 Å². The Balaban J connectivity index is 1.54. The number of ether oxygens (including phenoxy) is 3. The van der Waals surface area contributed by atoms with Crippen molar-refractivity contribution in [3.8, 4) is 0 Å². The molecule has 3 heterocycles. The van der Waals surface area contributed by atoms with E-state index in [0.717, 1.165) is 64.8 Å². The van der Waals surface area contributed by atoms with Gasteiger partial charge in [-0.3, -0.25) is 14.4 Å². The summed E-state index contributed by atoms with van der Waals surface area (Å²) in [5.74, 6) is -0.249. The average Bonchev–Trinajstić information content (AvgIpc) is 2.92. The van der Waals surface area contributed by atoms with E-state index >= 15 is 0 Å². The van der Waals surface area contributed by atoms with Gasteiger partial charge in [-0.2, -0.15) is 0 Å². The maximum absolute atomic E-state index is 14.0. The minimum atomic E-state index is -1.03. The molecule has 0 aromatic carbocycles. The van der Waals surface area contributed by atoms with Gasteiger partial charge in [0.05, 0.1) is 25.6 Å². The van der Waals surface area contributed by atoms with Gasteiger partial charge in [0, 0.05) is 32.7 Å². The smallest absolute Gasteiger partial charge is 0.410 e. The number of rotatable bonds is 11. The topological polar surface area (TPSA) is 118 Å². The lowest BCUT2D eigenvalue weighted by Crippen LogP contribution is -2.69. The molecule has 42 heavy (non-hydrogen) atoms. The van der Waals surface area contributed by atoms with Crippen LogP contribution in [0.2, 0.25) is 0 Å². The number of esters is 2. The molecule has 0 aromatic rings. The highest BCUT2D eigenvalue weighted by Gasteiger charge is 2.51. The standard InChI is InChI=1S/C31H54N4O7/c1-7-40-26(36)13-20-34-21-14-32-31(28(34)38,22-27(37)41-23(2)3)25-11-16-33(17-12-25)15-8-24-9-18-35(19-10-24)29(39)42-30(4,5)6/h23-25,32H,7-22H2,1-6H3/t31-/m0/s1. The lowest BCUT2D eigenvalue weighted by atomic mass is 9.73. The van der Waals surface area contributed by atoms with Crippen LogP contribution in [0.3, 0.4) is 0 Å². The Morgan fingerprint density at radius 1 is 0.976 bits per heavy atom. The van der Waals surface area contributed by atoms with Crippen molar-refractivity contribution < 1.29 is 33.4 Å². The van der Waals surface area contributed by atoms with Crippen LogP contribution >= 0.6 is 0 Å². The van der Waals surface area contributed by atoms with Gasteiger partial charge < -0.3 is 34.2 Å². The number of piperidine rings is 2. The molecule has 11 heteroatoms. The Kier molecular flexibility index (Phi) is 12.5. The summed E-state index contributed by atoms with van der Waals surface area (Å²) in [4.78, 5) is 57.2. The summed E-state index contributed by atoms with van der Waals surface area (Å²) in [5.41, 5.74) is -1.51. The molecule has 0 aliphatic carbocycles. The Morgan fingerprint density at radius 3 is 2.24 bits per heavy atom. The van der Waals surface area contributed by atoms with E-state index in [-0.39, 0.29) is 55.3 Å². The highest BCUT2D eigenvalue weighted by atomic mass is 16.6. The number of nitrogens with zero attached hydrogens (tertiary/aromatic N) is 3. The van der Waals surface area contributed by atoms with Crippen molar-refractivity contribution in [1.29, 1.82) is 0 Å². The van der Waals surface area contributed by atoms with Crippen LogP contribution in [0.1, 0.15) is 86.5 Å². The van der Waals surface area contributed by atoms with Crippen molar-refractivity contribution >= 4 is 23.9 Å². The van der Waals surface area contributed by atoms with Gasteiger partial charge in [0.25, 0.3) is 0 Å².